The minimum absolute atomic E-state index is 0. The lowest BCUT2D eigenvalue weighted by Gasteiger charge is -2.27. The van der Waals surface area contributed by atoms with Crippen molar-refractivity contribution >= 4 is 41.3 Å². The second-order valence-corrected chi connectivity index (χ2v) is 8.90. The molecule has 0 bridgehead atoms. The van der Waals surface area contributed by atoms with Crippen LogP contribution in [0.15, 0.2) is 17.1 Å². The average molecular weight is 548 g/mol. The zero-order valence-corrected chi connectivity index (χ0v) is 21.5. The SMILES string of the molecule is Cc1ccc(CC(C)NC(=NCc2nnc(C)n2C)NCCN2CCOCC2)s1.I. The van der Waals surface area contributed by atoms with Crippen molar-refractivity contribution in [3.05, 3.63) is 33.5 Å². The lowest BCUT2D eigenvalue weighted by molar-refractivity contribution is 0.0389. The molecule has 1 fully saturated rings. The summed E-state index contributed by atoms with van der Waals surface area (Å²) in [6.45, 7) is 12.2. The van der Waals surface area contributed by atoms with Gasteiger partial charge in [-0.2, -0.15) is 0 Å². The summed E-state index contributed by atoms with van der Waals surface area (Å²) in [4.78, 5) is 9.92. The number of aromatic nitrogens is 3. The standard InChI is InChI=1S/C20H33N7OS.HI/c1-15(13-18-6-5-16(2)29-18)23-20(21-7-8-27-9-11-28-12-10-27)22-14-19-25-24-17(3)26(19)4;/h5-6,15H,7-14H2,1-4H3,(H2,21,22,23);1H. The van der Waals surface area contributed by atoms with Gasteiger partial charge in [0, 0.05) is 55.4 Å². The van der Waals surface area contributed by atoms with Crippen LogP contribution in [-0.4, -0.2) is 71.1 Å². The van der Waals surface area contributed by atoms with E-state index in [0.29, 0.717) is 6.54 Å². The molecule has 1 saturated heterocycles. The van der Waals surface area contributed by atoms with Crippen molar-refractivity contribution in [2.75, 3.05) is 39.4 Å². The van der Waals surface area contributed by atoms with E-state index < -0.39 is 0 Å². The van der Waals surface area contributed by atoms with E-state index in [2.05, 4.69) is 51.7 Å². The first-order chi connectivity index (χ1) is 14.0. The van der Waals surface area contributed by atoms with Crippen molar-refractivity contribution in [1.29, 1.82) is 0 Å². The highest BCUT2D eigenvalue weighted by atomic mass is 127. The molecule has 8 nitrogen and oxygen atoms in total. The number of nitrogens with zero attached hydrogens (tertiary/aromatic N) is 5. The van der Waals surface area contributed by atoms with Gasteiger partial charge in [-0.15, -0.1) is 45.5 Å². The van der Waals surface area contributed by atoms with Gasteiger partial charge in [-0.25, -0.2) is 4.99 Å². The topological polar surface area (TPSA) is 79.6 Å². The first kappa shape index (κ1) is 25.0. The number of guanidine groups is 1. The molecule has 0 spiro atoms. The number of ether oxygens (including phenoxy) is 1. The van der Waals surface area contributed by atoms with E-state index in [1.807, 2.05) is 29.9 Å². The van der Waals surface area contributed by atoms with Crippen LogP contribution < -0.4 is 10.6 Å². The fourth-order valence-electron chi connectivity index (χ4n) is 3.23. The molecule has 0 amide bonds. The number of aliphatic imine (C=N–C) groups is 1. The highest BCUT2D eigenvalue weighted by molar-refractivity contribution is 14.0. The summed E-state index contributed by atoms with van der Waals surface area (Å²) in [6, 6.07) is 4.67. The lowest BCUT2D eigenvalue weighted by atomic mass is 10.2. The van der Waals surface area contributed by atoms with E-state index in [1.165, 1.54) is 9.75 Å². The van der Waals surface area contributed by atoms with Gasteiger partial charge in [-0.05, 0) is 32.9 Å². The first-order valence-electron chi connectivity index (χ1n) is 10.3. The van der Waals surface area contributed by atoms with Crippen LogP contribution in [-0.2, 0) is 24.8 Å². The summed E-state index contributed by atoms with van der Waals surface area (Å²) in [5, 5.41) is 15.4. The Morgan fingerprint density at radius 1 is 1.27 bits per heavy atom. The number of nitrogens with one attached hydrogen (secondary N) is 2. The van der Waals surface area contributed by atoms with E-state index in [1.54, 1.807) is 0 Å². The predicted octanol–water partition coefficient (Wildman–Crippen LogP) is 2.11. The van der Waals surface area contributed by atoms with E-state index in [4.69, 9.17) is 9.73 Å². The normalized spacial score (nSPS) is 16.2. The number of thiophene rings is 1. The van der Waals surface area contributed by atoms with Crippen LogP contribution in [0.5, 0.6) is 0 Å². The molecule has 0 aliphatic carbocycles. The van der Waals surface area contributed by atoms with Crippen LogP contribution in [0.2, 0.25) is 0 Å². The molecule has 2 N–H and O–H groups in total. The Labute approximate surface area is 200 Å². The molecular formula is C20H34IN7OS. The number of hydrogen-bond acceptors (Lipinski definition) is 6. The van der Waals surface area contributed by atoms with E-state index in [0.717, 1.165) is 63.4 Å². The van der Waals surface area contributed by atoms with Gasteiger partial charge in [0.25, 0.3) is 0 Å². The molecule has 3 heterocycles. The third-order valence-corrected chi connectivity index (χ3v) is 6.10. The number of aryl methyl sites for hydroxylation is 2. The summed E-state index contributed by atoms with van der Waals surface area (Å²) in [5.74, 6) is 2.57. The Bertz CT molecular complexity index is 801. The smallest absolute Gasteiger partial charge is 0.191 e. The largest absolute Gasteiger partial charge is 0.379 e. The highest BCUT2D eigenvalue weighted by Gasteiger charge is 2.12. The molecule has 2 aromatic rings. The number of rotatable bonds is 8. The number of halogens is 1. The first-order valence-corrected chi connectivity index (χ1v) is 11.1. The third-order valence-electron chi connectivity index (χ3n) is 5.07. The van der Waals surface area contributed by atoms with Crippen molar-refractivity contribution in [3.63, 3.8) is 0 Å². The van der Waals surface area contributed by atoms with Crippen molar-refractivity contribution < 1.29 is 4.74 Å². The Morgan fingerprint density at radius 2 is 2.03 bits per heavy atom. The Morgan fingerprint density at radius 3 is 2.67 bits per heavy atom. The molecule has 2 aromatic heterocycles. The number of morpholine rings is 1. The van der Waals surface area contributed by atoms with Crippen LogP contribution in [0.25, 0.3) is 0 Å². The molecule has 3 rings (SSSR count). The van der Waals surface area contributed by atoms with E-state index >= 15 is 0 Å². The van der Waals surface area contributed by atoms with Gasteiger partial charge in [0.15, 0.2) is 11.8 Å². The van der Waals surface area contributed by atoms with Gasteiger partial charge < -0.3 is 19.9 Å². The van der Waals surface area contributed by atoms with Gasteiger partial charge in [0.2, 0.25) is 0 Å². The van der Waals surface area contributed by atoms with Gasteiger partial charge in [0.05, 0.1) is 13.2 Å². The maximum atomic E-state index is 5.43. The van der Waals surface area contributed by atoms with Gasteiger partial charge in [-0.1, -0.05) is 0 Å². The third kappa shape index (κ3) is 7.78. The lowest BCUT2D eigenvalue weighted by Crippen LogP contribution is -2.47. The molecule has 0 radical (unpaired) electrons. The molecule has 30 heavy (non-hydrogen) atoms. The quantitative estimate of drug-likeness (QED) is 0.300. The fraction of sp³-hybridized carbons (Fsp3) is 0.650. The van der Waals surface area contributed by atoms with E-state index in [-0.39, 0.29) is 30.0 Å². The van der Waals surface area contributed by atoms with Crippen LogP contribution >= 0.6 is 35.3 Å². The maximum absolute atomic E-state index is 5.43. The Kier molecular flexibility index (Phi) is 10.5. The van der Waals surface area contributed by atoms with Crippen molar-refractivity contribution in [2.45, 2.75) is 39.8 Å². The second-order valence-electron chi connectivity index (χ2n) is 7.53. The molecule has 1 aliphatic heterocycles. The van der Waals surface area contributed by atoms with Gasteiger partial charge in [-0.3, -0.25) is 4.90 Å². The van der Waals surface area contributed by atoms with Crippen molar-refractivity contribution in [3.8, 4) is 0 Å². The van der Waals surface area contributed by atoms with Gasteiger partial charge in [0.1, 0.15) is 12.4 Å². The average Bonchev–Trinajstić information content (AvgIpc) is 3.26. The molecule has 1 unspecified atom stereocenters. The molecule has 1 aliphatic rings. The fourth-order valence-corrected chi connectivity index (χ4v) is 4.25. The Hall–Kier alpha value is -1.24. The van der Waals surface area contributed by atoms with Crippen molar-refractivity contribution in [2.24, 2.45) is 12.0 Å². The van der Waals surface area contributed by atoms with Crippen LogP contribution in [0.4, 0.5) is 0 Å². The minimum Gasteiger partial charge on any atom is -0.379 e. The predicted molar refractivity (Wildman–Crippen MR) is 133 cm³/mol. The maximum Gasteiger partial charge on any atom is 0.191 e. The molecule has 0 aromatic carbocycles. The Balaban J connectivity index is 0.00000320. The molecule has 168 valence electrons. The number of hydrogen-bond donors (Lipinski definition) is 2. The molecular weight excluding hydrogens is 513 g/mol. The summed E-state index contributed by atoms with van der Waals surface area (Å²) in [5.41, 5.74) is 0. The monoisotopic (exact) mass is 547 g/mol. The summed E-state index contributed by atoms with van der Waals surface area (Å²) < 4.78 is 7.41. The van der Waals surface area contributed by atoms with Crippen LogP contribution in [0.1, 0.15) is 28.3 Å². The summed E-state index contributed by atoms with van der Waals surface area (Å²) in [6.07, 6.45) is 0.978. The second kappa shape index (κ2) is 12.6. The van der Waals surface area contributed by atoms with Crippen LogP contribution in [0.3, 0.4) is 0 Å². The summed E-state index contributed by atoms with van der Waals surface area (Å²) >= 11 is 1.85. The molecule has 0 saturated carbocycles. The van der Waals surface area contributed by atoms with Gasteiger partial charge >= 0.3 is 0 Å². The minimum atomic E-state index is 0. The zero-order valence-electron chi connectivity index (χ0n) is 18.3. The molecule has 1 atom stereocenters. The highest BCUT2D eigenvalue weighted by Crippen LogP contribution is 2.16. The summed E-state index contributed by atoms with van der Waals surface area (Å²) in [7, 11) is 1.97. The van der Waals surface area contributed by atoms with Crippen LogP contribution in [0, 0.1) is 13.8 Å². The van der Waals surface area contributed by atoms with Crippen molar-refractivity contribution in [1.82, 2.24) is 30.3 Å². The zero-order chi connectivity index (χ0) is 20.6. The van der Waals surface area contributed by atoms with E-state index in [9.17, 15) is 0 Å². The molecule has 10 heteroatoms.